The molecule has 0 aliphatic rings. The molecular formula is C24H24N6O5S. The van der Waals surface area contributed by atoms with Gasteiger partial charge in [-0.25, -0.2) is 18.4 Å². The molecule has 4 rings (SSSR count). The summed E-state index contributed by atoms with van der Waals surface area (Å²) < 4.78 is 41.7. The first kappa shape index (κ1) is 24.9. The van der Waals surface area contributed by atoms with Gasteiger partial charge >= 0.3 is 0 Å². The molecule has 4 aromatic rings. The van der Waals surface area contributed by atoms with Crippen LogP contribution in [0, 0.1) is 19.1 Å². The molecule has 0 radical (unpaired) electrons. The van der Waals surface area contributed by atoms with Gasteiger partial charge < -0.3 is 14.6 Å². The fraction of sp³-hybridized carbons (Fsp3) is 0.250. The Kier molecular flexibility index (Phi) is 7.05. The number of phenolic OH excluding ortho intramolecular Hbond substituents is 1. The molecule has 12 heteroatoms. The summed E-state index contributed by atoms with van der Waals surface area (Å²) in [6.45, 7) is 3.30. The molecule has 2 atom stereocenters. The van der Waals surface area contributed by atoms with Crippen molar-refractivity contribution in [3.05, 3.63) is 72.3 Å². The van der Waals surface area contributed by atoms with Crippen molar-refractivity contribution in [2.75, 3.05) is 18.9 Å². The van der Waals surface area contributed by atoms with Crippen molar-refractivity contribution in [1.82, 2.24) is 24.7 Å². The van der Waals surface area contributed by atoms with E-state index in [2.05, 4.69) is 37.0 Å². The van der Waals surface area contributed by atoms with Crippen LogP contribution in [0.2, 0.25) is 0 Å². The zero-order valence-electron chi connectivity index (χ0n) is 20.0. The standard InChI is InChI=1S/C24H24N6O5S/c1-15-13-25-22(26-14-15)21(35-4)16(2)36(32,33)29-24-28-27-23(17-9-6-5-7-10-17)30(24)20-18(31)11-8-12-19(20)34-3/h5-6,8-9,11-14,16,21,31H,1-4H3,(H,28,29)/t16-,21-/m0/s1. The van der Waals surface area contributed by atoms with Gasteiger partial charge in [0.15, 0.2) is 11.6 Å². The number of methoxy groups -OCH3 is 2. The number of hydrogen-bond donors (Lipinski definition) is 2. The van der Waals surface area contributed by atoms with E-state index in [4.69, 9.17) is 9.47 Å². The third kappa shape index (κ3) is 4.79. The lowest BCUT2D eigenvalue weighted by Gasteiger charge is -2.22. The Hall–Kier alpha value is -4.21. The Morgan fingerprint density at radius 1 is 1.11 bits per heavy atom. The summed E-state index contributed by atoms with van der Waals surface area (Å²) in [6.07, 6.45) is 2.21. The summed E-state index contributed by atoms with van der Waals surface area (Å²) in [5.41, 5.74) is 1.44. The third-order valence-corrected chi connectivity index (χ3v) is 7.13. The van der Waals surface area contributed by atoms with E-state index in [0.29, 0.717) is 5.56 Å². The van der Waals surface area contributed by atoms with Crippen LogP contribution >= 0.6 is 0 Å². The van der Waals surface area contributed by atoms with Gasteiger partial charge in [0.05, 0.1) is 12.7 Å². The number of aromatic hydroxyl groups is 1. The van der Waals surface area contributed by atoms with Gasteiger partial charge in [0.1, 0.15) is 28.5 Å². The van der Waals surface area contributed by atoms with Gasteiger partial charge in [-0.05, 0) is 43.7 Å². The Bertz CT molecular complexity index is 1440. The smallest absolute Gasteiger partial charge is 0.243 e. The number of aromatic nitrogens is 5. The molecule has 2 heterocycles. The number of phenols is 1. The van der Waals surface area contributed by atoms with E-state index in [0.717, 1.165) is 5.56 Å². The number of nitrogens with one attached hydrogen (secondary N) is 1. The minimum absolute atomic E-state index is 0.146. The summed E-state index contributed by atoms with van der Waals surface area (Å²) in [5.74, 6) is 0.356. The highest BCUT2D eigenvalue weighted by atomic mass is 32.2. The predicted octanol–water partition coefficient (Wildman–Crippen LogP) is 2.87. The topological polar surface area (TPSA) is 141 Å². The lowest BCUT2D eigenvalue weighted by atomic mass is 10.2. The number of benzene rings is 1. The number of anilines is 1. The summed E-state index contributed by atoms with van der Waals surface area (Å²) in [6, 6.07) is 15.5. The first-order valence-electron chi connectivity index (χ1n) is 10.8. The van der Waals surface area contributed by atoms with Crippen LogP contribution in [0.4, 0.5) is 5.95 Å². The van der Waals surface area contributed by atoms with Crippen molar-refractivity contribution < 1.29 is 23.0 Å². The first-order valence-corrected chi connectivity index (χ1v) is 12.3. The number of aryl methyl sites for hydroxylation is 1. The molecule has 0 saturated carbocycles. The van der Waals surface area contributed by atoms with Gasteiger partial charge in [-0.2, -0.15) is 0 Å². The summed E-state index contributed by atoms with van der Waals surface area (Å²) >= 11 is 0. The second-order valence-corrected chi connectivity index (χ2v) is 9.88. The highest BCUT2D eigenvalue weighted by Gasteiger charge is 2.35. The van der Waals surface area contributed by atoms with Gasteiger partial charge in [0.25, 0.3) is 0 Å². The molecule has 0 aliphatic carbocycles. The molecule has 0 spiro atoms. The van der Waals surface area contributed by atoms with Crippen LogP contribution in [0.1, 0.15) is 24.4 Å². The van der Waals surface area contributed by atoms with Crippen molar-refractivity contribution in [3.63, 3.8) is 0 Å². The molecule has 2 aromatic carbocycles. The van der Waals surface area contributed by atoms with E-state index in [-0.39, 0.29) is 34.8 Å². The maximum atomic E-state index is 13.5. The fourth-order valence-corrected chi connectivity index (χ4v) is 4.69. The van der Waals surface area contributed by atoms with E-state index in [1.54, 1.807) is 42.7 Å². The number of rotatable bonds is 9. The molecule has 11 nitrogen and oxygen atoms in total. The monoisotopic (exact) mass is 508 g/mol. The zero-order chi connectivity index (χ0) is 25.9. The average molecular weight is 509 g/mol. The van der Waals surface area contributed by atoms with Gasteiger partial charge in [-0.3, -0.25) is 9.29 Å². The minimum atomic E-state index is -4.13. The maximum absolute atomic E-state index is 13.5. The Labute approximate surface area is 208 Å². The molecule has 0 amide bonds. The molecule has 0 fully saturated rings. The van der Waals surface area contributed by atoms with E-state index in [1.807, 2.05) is 6.92 Å². The molecule has 2 aromatic heterocycles. The Balaban J connectivity index is 1.80. The van der Waals surface area contributed by atoms with Gasteiger partial charge in [0.2, 0.25) is 16.0 Å². The lowest BCUT2D eigenvalue weighted by Crippen LogP contribution is -2.33. The van der Waals surface area contributed by atoms with Crippen molar-refractivity contribution in [3.8, 4) is 28.6 Å². The van der Waals surface area contributed by atoms with Crippen molar-refractivity contribution in [1.29, 1.82) is 0 Å². The number of ether oxygens (including phenoxy) is 2. The Morgan fingerprint density at radius 2 is 1.86 bits per heavy atom. The van der Waals surface area contributed by atoms with Crippen molar-refractivity contribution >= 4 is 16.0 Å². The average Bonchev–Trinajstić information content (AvgIpc) is 3.28. The fourth-order valence-electron chi connectivity index (χ4n) is 3.56. The normalized spacial score (nSPS) is 13.0. The van der Waals surface area contributed by atoms with Crippen LogP contribution in [0.15, 0.2) is 48.8 Å². The molecule has 0 bridgehead atoms. The van der Waals surface area contributed by atoms with Crippen LogP contribution in [0.5, 0.6) is 11.5 Å². The SMILES string of the molecule is COc1cccc(O)c1-n1c(NS(=O)(=O)[C@@H](C)[C@H](OC)c2ncc(C)cn2)nnc1-c1c#cccc1. The molecule has 36 heavy (non-hydrogen) atoms. The van der Waals surface area contributed by atoms with Crippen LogP contribution < -0.4 is 9.46 Å². The first-order chi connectivity index (χ1) is 17.3. The molecule has 0 saturated heterocycles. The summed E-state index contributed by atoms with van der Waals surface area (Å²) in [7, 11) is -1.32. The minimum Gasteiger partial charge on any atom is -0.506 e. The molecular weight excluding hydrogens is 484 g/mol. The highest BCUT2D eigenvalue weighted by molar-refractivity contribution is 7.93. The molecule has 186 valence electrons. The maximum Gasteiger partial charge on any atom is 0.243 e. The third-order valence-electron chi connectivity index (χ3n) is 5.43. The van der Waals surface area contributed by atoms with E-state index >= 15 is 0 Å². The predicted molar refractivity (Wildman–Crippen MR) is 131 cm³/mol. The zero-order valence-corrected chi connectivity index (χ0v) is 20.8. The number of para-hydroxylation sites is 1. The van der Waals surface area contributed by atoms with Crippen LogP contribution in [0.3, 0.4) is 0 Å². The quantitative estimate of drug-likeness (QED) is 0.349. The van der Waals surface area contributed by atoms with E-state index in [9.17, 15) is 13.5 Å². The summed E-state index contributed by atoms with van der Waals surface area (Å²) in [4.78, 5) is 8.43. The second kappa shape index (κ2) is 10.2. The largest absolute Gasteiger partial charge is 0.506 e. The van der Waals surface area contributed by atoms with Crippen LogP contribution in [0.25, 0.3) is 17.1 Å². The van der Waals surface area contributed by atoms with Gasteiger partial charge in [0, 0.05) is 19.5 Å². The summed E-state index contributed by atoms with van der Waals surface area (Å²) in [5, 5.41) is 17.8. The van der Waals surface area contributed by atoms with Gasteiger partial charge in [-0.15, -0.1) is 10.2 Å². The lowest BCUT2D eigenvalue weighted by molar-refractivity contribution is 0.0949. The number of nitrogens with zero attached hydrogens (tertiary/aromatic N) is 5. The van der Waals surface area contributed by atoms with Crippen molar-refractivity contribution in [2.24, 2.45) is 0 Å². The van der Waals surface area contributed by atoms with Crippen LogP contribution in [-0.4, -0.2) is 57.7 Å². The van der Waals surface area contributed by atoms with Crippen molar-refractivity contribution in [2.45, 2.75) is 25.2 Å². The Morgan fingerprint density at radius 3 is 2.50 bits per heavy atom. The molecule has 0 unspecified atom stereocenters. The second-order valence-electron chi connectivity index (χ2n) is 7.85. The van der Waals surface area contributed by atoms with E-state index in [1.165, 1.54) is 31.8 Å². The van der Waals surface area contributed by atoms with Gasteiger partial charge in [-0.1, -0.05) is 24.3 Å². The molecule has 2 N–H and O–H groups in total. The number of sulfonamides is 1. The number of hydrogen-bond acceptors (Lipinski definition) is 9. The van der Waals surface area contributed by atoms with Crippen LogP contribution in [-0.2, 0) is 14.8 Å². The molecule has 0 aliphatic heterocycles. The highest BCUT2D eigenvalue weighted by Crippen LogP contribution is 2.37. The van der Waals surface area contributed by atoms with E-state index < -0.39 is 21.4 Å².